The number of benzene rings is 2. The van der Waals surface area contributed by atoms with E-state index in [1.165, 1.54) is 5.56 Å². The van der Waals surface area contributed by atoms with Crippen molar-refractivity contribution < 1.29 is 9.53 Å². The highest BCUT2D eigenvalue weighted by molar-refractivity contribution is 5.94. The van der Waals surface area contributed by atoms with Gasteiger partial charge in [-0.15, -0.1) is 0 Å². The third kappa shape index (κ3) is 4.35. The zero-order chi connectivity index (χ0) is 15.9. The summed E-state index contributed by atoms with van der Waals surface area (Å²) in [6, 6.07) is 15.9. The fourth-order valence-electron chi connectivity index (χ4n) is 2.43. The first-order valence-electron chi connectivity index (χ1n) is 7.59. The molecule has 3 nitrogen and oxygen atoms in total. The number of hydrogen-bond acceptors (Lipinski definition) is 2. The normalized spacial score (nSPS) is 11.8. The maximum atomic E-state index is 12.3. The maximum absolute atomic E-state index is 12.3. The molecule has 0 heterocycles. The Kier molecular flexibility index (Phi) is 5.59. The summed E-state index contributed by atoms with van der Waals surface area (Å²) in [4.78, 5) is 12.3. The Bertz CT molecular complexity index is 623. The molecular formula is C19H23NO2. The molecule has 1 atom stereocenters. The smallest absolute Gasteiger partial charge is 0.251 e. The molecule has 1 amide bonds. The van der Waals surface area contributed by atoms with Crippen molar-refractivity contribution in [2.45, 2.75) is 32.7 Å². The molecule has 0 aromatic heterocycles. The summed E-state index contributed by atoms with van der Waals surface area (Å²) in [5, 5.41) is 3.05. The van der Waals surface area contributed by atoms with Gasteiger partial charge in [0.15, 0.2) is 0 Å². The van der Waals surface area contributed by atoms with E-state index >= 15 is 0 Å². The highest BCUT2D eigenvalue weighted by atomic mass is 16.5. The van der Waals surface area contributed by atoms with Crippen LogP contribution in [0.3, 0.4) is 0 Å². The molecule has 0 spiro atoms. The van der Waals surface area contributed by atoms with E-state index in [4.69, 9.17) is 4.74 Å². The number of aryl methyl sites for hydroxylation is 2. The summed E-state index contributed by atoms with van der Waals surface area (Å²) in [5.41, 5.74) is 2.93. The first-order chi connectivity index (χ1) is 10.6. The van der Waals surface area contributed by atoms with E-state index in [-0.39, 0.29) is 11.9 Å². The van der Waals surface area contributed by atoms with Crippen LogP contribution in [0.5, 0.6) is 5.75 Å². The predicted octanol–water partition coefficient (Wildman–Crippen LogP) is 3.75. The van der Waals surface area contributed by atoms with Gasteiger partial charge in [-0.2, -0.15) is 0 Å². The van der Waals surface area contributed by atoms with E-state index in [1.54, 1.807) is 13.2 Å². The molecule has 0 saturated heterocycles. The minimum Gasteiger partial charge on any atom is -0.496 e. The lowest BCUT2D eigenvalue weighted by Crippen LogP contribution is -2.32. The van der Waals surface area contributed by atoms with Gasteiger partial charge in [0.2, 0.25) is 0 Å². The van der Waals surface area contributed by atoms with E-state index in [0.717, 1.165) is 24.2 Å². The minimum atomic E-state index is -0.0358. The van der Waals surface area contributed by atoms with E-state index in [9.17, 15) is 4.79 Å². The Morgan fingerprint density at radius 2 is 1.91 bits per heavy atom. The monoisotopic (exact) mass is 297 g/mol. The summed E-state index contributed by atoms with van der Waals surface area (Å²) >= 11 is 0. The number of rotatable bonds is 6. The van der Waals surface area contributed by atoms with Crippen molar-refractivity contribution in [1.82, 2.24) is 5.32 Å². The van der Waals surface area contributed by atoms with Crippen molar-refractivity contribution in [3.8, 4) is 5.75 Å². The second kappa shape index (κ2) is 7.64. The second-order valence-electron chi connectivity index (χ2n) is 5.58. The van der Waals surface area contributed by atoms with Crippen LogP contribution in [-0.2, 0) is 6.42 Å². The molecule has 2 aromatic carbocycles. The molecule has 0 fully saturated rings. The van der Waals surface area contributed by atoms with Gasteiger partial charge in [-0.1, -0.05) is 30.3 Å². The third-order valence-corrected chi connectivity index (χ3v) is 3.74. The lowest BCUT2D eigenvalue weighted by Gasteiger charge is -2.14. The maximum Gasteiger partial charge on any atom is 0.251 e. The molecule has 0 unspecified atom stereocenters. The van der Waals surface area contributed by atoms with Crippen molar-refractivity contribution in [3.05, 3.63) is 65.2 Å². The van der Waals surface area contributed by atoms with Crippen LogP contribution in [0.2, 0.25) is 0 Å². The second-order valence-corrected chi connectivity index (χ2v) is 5.58. The van der Waals surface area contributed by atoms with Gasteiger partial charge < -0.3 is 10.1 Å². The minimum absolute atomic E-state index is 0.0358. The van der Waals surface area contributed by atoms with Gasteiger partial charge in [0.25, 0.3) is 5.91 Å². The molecule has 0 aliphatic carbocycles. The van der Waals surface area contributed by atoms with E-state index < -0.39 is 0 Å². The molecule has 3 heteroatoms. The Labute approximate surface area is 132 Å². The van der Waals surface area contributed by atoms with Crippen molar-refractivity contribution in [3.63, 3.8) is 0 Å². The molecular weight excluding hydrogens is 274 g/mol. The number of hydrogen-bond donors (Lipinski definition) is 1. The third-order valence-electron chi connectivity index (χ3n) is 3.74. The van der Waals surface area contributed by atoms with E-state index in [1.807, 2.05) is 44.2 Å². The zero-order valence-electron chi connectivity index (χ0n) is 13.4. The van der Waals surface area contributed by atoms with E-state index in [2.05, 4.69) is 17.4 Å². The highest BCUT2D eigenvalue weighted by Crippen LogP contribution is 2.18. The van der Waals surface area contributed by atoms with Crippen LogP contribution < -0.4 is 10.1 Å². The van der Waals surface area contributed by atoms with Crippen LogP contribution in [-0.4, -0.2) is 19.1 Å². The Morgan fingerprint density at radius 1 is 1.18 bits per heavy atom. The van der Waals surface area contributed by atoms with Gasteiger partial charge in [0.05, 0.1) is 7.11 Å². The van der Waals surface area contributed by atoms with Gasteiger partial charge in [-0.3, -0.25) is 4.79 Å². The van der Waals surface area contributed by atoms with Crippen LogP contribution >= 0.6 is 0 Å². The largest absolute Gasteiger partial charge is 0.496 e. The zero-order valence-corrected chi connectivity index (χ0v) is 13.4. The van der Waals surface area contributed by atoms with Gasteiger partial charge in [-0.05, 0) is 56.0 Å². The highest BCUT2D eigenvalue weighted by Gasteiger charge is 2.11. The molecule has 0 saturated carbocycles. The van der Waals surface area contributed by atoms with E-state index in [0.29, 0.717) is 5.56 Å². The number of carbonyl (C=O) groups is 1. The summed E-state index contributed by atoms with van der Waals surface area (Å²) in [6.07, 6.45) is 1.88. The molecule has 116 valence electrons. The SMILES string of the molecule is COc1ccc(C(=O)N[C@H](C)CCc2ccccc2)cc1C. The molecule has 2 aromatic rings. The quantitative estimate of drug-likeness (QED) is 0.881. The van der Waals surface area contributed by atoms with Crippen LogP contribution in [0.25, 0.3) is 0 Å². The fraction of sp³-hybridized carbons (Fsp3) is 0.316. The lowest BCUT2D eigenvalue weighted by molar-refractivity contribution is 0.0938. The first-order valence-corrected chi connectivity index (χ1v) is 7.59. The number of methoxy groups -OCH3 is 1. The van der Waals surface area contributed by atoms with Crippen molar-refractivity contribution in [2.75, 3.05) is 7.11 Å². The summed E-state index contributed by atoms with van der Waals surface area (Å²) in [7, 11) is 1.63. The van der Waals surface area contributed by atoms with Crippen LogP contribution in [0.4, 0.5) is 0 Å². The molecule has 1 N–H and O–H groups in total. The molecule has 22 heavy (non-hydrogen) atoms. The summed E-state index contributed by atoms with van der Waals surface area (Å²) < 4.78 is 5.22. The van der Waals surface area contributed by atoms with Gasteiger partial charge in [0, 0.05) is 11.6 Å². The lowest BCUT2D eigenvalue weighted by atomic mass is 10.1. The number of carbonyl (C=O) groups excluding carboxylic acids is 1. The number of amides is 1. The Hall–Kier alpha value is -2.29. The number of ether oxygens (including phenoxy) is 1. The van der Waals surface area contributed by atoms with Gasteiger partial charge in [0.1, 0.15) is 5.75 Å². The number of nitrogens with one attached hydrogen (secondary N) is 1. The van der Waals surface area contributed by atoms with Gasteiger partial charge >= 0.3 is 0 Å². The average molecular weight is 297 g/mol. The van der Waals surface area contributed by atoms with Crippen LogP contribution in [0, 0.1) is 6.92 Å². The molecule has 0 aliphatic rings. The standard InChI is InChI=1S/C19H23NO2/c1-14-13-17(11-12-18(14)22-3)19(21)20-15(2)9-10-16-7-5-4-6-8-16/h4-8,11-13,15H,9-10H2,1-3H3,(H,20,21)/t15-/m1/s1. The molecule has 0 radical (unpaired) electrons. The summed E-state index contributed by atoms with van der Waals surface area (Å²) in [5.74, 6) is 0.764. The molecule has 0 bridgehead atoms. The average Bonchev–Trinajstić information content (AvgIpc) is 2.53. The predicted molar refractivity (Wildman–Crippen MR) is 89.4 cm³/mol. The fourth-order valence-corrected chi connectivity index (χ4v) is 2.43. The topological polar surface area (TPSA) is 38.3 Å². The molecule has 2 rings (SSSR count). The Balaban J connectivity index is 1.89. The van der Waals surface area contributed by atoms with Crippen LogP contribution in [0.15, 0.2) is 48.5 Å². The van der Waals surface area contributed by atoms with Gasteiger partial charge in [-0.25, -0.2) is 0 Å². The first kappa shape index (κ1) is 16.1. The molecule has 0 aliphatic heterocycles. The Morgan fingerprint density at radius 3 is 2.55 bits per heavy atom. The summed E-state index contributed by atoms with van der Waals surface area (Å²) in [6.45, 7) is 3.98. The van der Waals surface area contributed by atoms with Crippen molar-refractivity contribution in [1.29, 1.82) is 0 Å². The van der Waals surface area contributed by atoms with Crippen LogP contribution in [0.1, 0.15) is 34.8 Å². The van der Waals surface area contributed by atoms with Crippen molar-refractivity contribution >= 4 is 5.91 Å². The van der Waals surface area contributed by atoms with Crippen molar-refractivity contribution in [2.24, 2.45) is 0 Å².